The summed E-state index contributed by atoms with van der Waals surface area (Å²) in [6.45, 7) is 0. The quantitative estimate of drug-likeness (QED) is 0.503. The van der Waals surface area contributed by atoms with Crippen LogP contribution in [0.4, 0.5) is 0 Å². The zero-order valence-corrected chi connectivity index (χ0v) is 13.5. The molecule has 0 aliphatic rings. The Kier molecular flexibility index (Phi) is 4.85. The third-order valence-corrected chi connectivity index (χ3v) is 4.85. The third-order valence-electron chi connectivity index (χ3n) is 2.49. The fraction of sp³-hybridized carbons (Fsp3) is 0.0769. The Morgan fingerprint density at radius 2 is 1.67 bits per heavy atom. The molecular formula is C13H7BrCl4. The van der Waals surface area contributed by atoms with Gasteiger partial charge >= 0.3 is 0 Å². The van der Waals surface area contributed by atoms with Crippen molar-refractivity contribution in [2.24, 2.45) is 0 Å². The van der Waals surface area contributed by atoms with Gasteiger partial charge in [-0.2, -0.15) is 0 Å². The molecule has 0 aliphatic carbocycles. The van der Waals surface area contributed by atoms with Crippen LogP contribution in [0.25, 0.3) is 0 Å². The van der Waals surface area contributed by atoms with E-state index in [0.29, 0.717) is 15.1 Å². The summed E-state index contributed by atoms with van der Waals surface area (Å²) in [6, 6.07) is 10.8. The van der Waals surface area contributed by atoms with Crippen LogP contribution in [0.1, 0.15) is 16.5 Å². The summed E-state index contributed by atoms with van der Waals surface area (Å²) < 4.78 is 0.797. The van der Waals surface area contributed by atoms with Crippen LogP contribution < -0.4 is 0 Å². The second kappa shape index (κ2) is 6.02. The molecule has 0 radical (unpaired) electrons. The van der Waals surface area contributed by atoms with Crippen LogP contribution in [0.5, 0.6) is 0 Å². The second-order valence-corrected chi connectivity index (χ2v) is 6.18. The van der Waals surface area contributed by atoms with E-state index < -0.39 is 5.38 Å². The number of halogens is 5. The maximum atomic E-state index is 6.44. The minimum atomic E-state index is -0.443. The molecule has 0 bridgehead atoms. The predicted molar refractivity (Wildman–Crippen MR) is 83.3 cm³/mol. The highest BCUT2D eigenvalue weighted by molar-refractivity contribution is 9.10. The summed E-state index contributed by atoms with van der Waals surface area (Å²) in [7, 11) is 0. The molecule has 2 aromatic carbocycles. The largest absolute Gasteiger partial charge is 0.112 e. The first-order valence-corrected chi connectivity index (χ1v) is 7.40. The molecule has 94 valence electrons. The summed E-state index contributed by atoms with van der Waals surface area (Å²) in [5.41, 5.74) is 1.53. The van der Waals surface area contributed by atoms with E-state index in [2.05, 4.69) is 15.9 Å². The molecular weight excluding hydrogens is 378 g/mol. The number of rotatable bonds is 2. The van der Waals surface area contributed by atoms with E-state index in [1.807, 2.05) is 18.2 Å². The molecule has 0 saturated carbocycles. The van der Waals surface area contributed by atoms with Gasteiger partial charge in [0.2, 0.25) is 0 Å². The average Bonchev–Trinajstić information content (AvgIpc) is 2.35. The molecule has 0 nitrogen and oxygen atoms in total. The fourth-order valence-electron chi connectivity index (χ4n) is 1.59. The van der Waals surface area contributed by atoms with Crippen molar-refractivity contribution >= 4 is 62.3 Å². The van der Waals surface area contributed by atoms with Gasteiger partial charge in [-0.3, -0.25) is 0 Å². The van der Waals surface area contributed by atoms with Gasteiger partial charge in [-0.25, -0.2) is 0 Å². The fourth-order valence-corrected chi connectivity index (χ4v) is 3.09. The van der Waals surface area contributed by atoms with Gasteiger partial charge in [-0.05, 0) is 51.3 Å². The molecule has 1 atom stereocenters. The van der Waals surface area contributed by atoms with Crippen LogP contribution in [-0.2, 0) is 0 Å². The van der Waals surface area contributed by atoms with E-state index in [9.17, 15) is 0 Å². The van der Waals surface area contributed by atoms with Crippen molar-refractivity contribution in [2.45, 2.75) is 5.38 Å². The van der Waals surface area contributed by atoms with E-state index >= 15 is 0 Å². The molecule has 0 amide bonds. The van der Waals surface area contributed by atoms with Gasteiger partial charge in [0.15, 0.2) is 0 Å². The first-order valence-electron chi connectivity index (χ1n) is 5.03. The second-order valence-electron chi connectivity index (χ2n) is 3.67. The number of hydrogen-bond donors (Lipinski definition) is 0. The maximum Gasteiger partial charge on any atom is 0.0865 e. The monoisotopic (exact) mass is 382 g/mol. The first-order chi connectivity index (χ1) is 8.50. The van der Waals surface area contributed by atoms with Gasteiger partial charge in [0.05, 0.1) is 10.4 Å². The number of hydrogen-bond acceptors (Lipinski definition) is 0. The standard InChI is InChI=1S/C13H7BrCl4/c14-10-3-1-2-8(13(10)18)12(17)9-6-7(15)4-5-11(9)16/h1-6,12H. The molecule has 0 fully saturated rings. The molecule has 0 heterocycles. The summed E-state index contributed by atoms with van der Waals surface area (Å²) in [6.07, 6.45) is 0. The maximum absolute atomic E-state index is 6.44. The smallest absolute Gasteiger partial charge is 0.0865 e. The van der Waals surface area contributed by atoms with Crippen LogP contribution in [-0.4, -0.2) is 0 Å². The number of benzene rings is 2. The topological polar surface area (TPSA) is 0 Å². The average molecular weight is 385 g/mol. The molecule has 1 unspecified atom stereocenters. The normalized spacial score (nSPS) is 12.5. The summed E-state index contributed by atoms with van der Waals surface area (Å²) in [4.78, 5) is 0. The van der Waals surface area contributed by atoms with Crippen molar-refractivity contribution in [3.63, 3.8) is 0 Å². The molecule has 2 rings (SSSR count). The molecule has 0 aromatic heterocycles. The van der Waals surface area contributed by atoms with Crippen LogP contribution in [0.15, 0.2) is 40.9 Å². The van der Waals surface area contributed by atoms with Crippen LogP contribution in [0.3, 0.4) is 0 Å². The third kappa shape index (κ3) is 2.97. The van der Waals surface area contributed by atoms with E-state index in [0.717, 1.165) is 15.6 Å². The van der Waals surface area contributed by atoms with Gasteiger partial charge in [0.25, 0.3) is 0 Å². The van der Waals surface area contributed by atoms with Gasteiger partial charge in [-0.1, -0.05) is 46.9 Å². The molecule has 5 heteroatoms. The Balaban J connectivity index is 2.51. The SMILES string of the molecule is Clc1ccc(Cl)c(C(Cl)c2cccc(Br)c2Cl)c1. The lowest BCUT2D eigenvalue weighted by molar-refractivity contribution is 1.14. The highest BCUT2D eigenvalue weighted by atomic mass is 79.9. The van der Waals surface area contributed by atoms with Crippen molar-refractivity contribution in [3.05, 3.63) is 67.1 Å². The van der Waals surface area contributed by atoms with Crippen molar-refractivity contribution in [1.29, 1.82) is 0 Å². The van der Waals surface area contributed by atoms with Gasteiger partial charge < -0.3 is 0 Å². The van der Waals surface area contributed by atoms with Crippen molar-refractivity contribution in [3.8, 4) is 0 Å². The Bertz CT molecular complexity index is 581. The molecule has 0 aliphatic heterocycles. The Morgan fingerprint density at radius 1 is 0.944 bits per heavy atom. The van der Waals surface area contributed by atoms with Gasteiger partial charge in [0.1, 0.15) is 0 Å². The minimum absolute atomic E-state index is 0.443. The Labute approximate surface area is 134 Å². The molecule has 18 heavy (non-hydrogen) atoms. The van der Waals surface area contributed by atoms with E-state index in [1.165, 1.54) is 0 Å². The Morgan fingerprint density at radius 3 is 2.39 bits per heavy atom. The van der Waals surface area contributed by atoms with Crippen LogP contribution in [0.2, 0.25) is 15.1 Å². The highest BCUT2D eigenvalue weighted by Crippen LogP contribution is 2.40. The van der Waals surface area contributed by atoms with Gasteiger partial charge in [-0.15, -0.1) is 11.6 Å². The zero-order chi connectivity index (χ0) is 13.3. The highest BCUT2D eigenvalue weighted by Gasteiger charge is 2.18. The molecule has 0 saturated heterocycles. The molecule has 0 N–H and O–H groups in total. The lowest BCUT2D eigenvalue weighted by atomic mass is 10.0. The lowest BCUT2D eigenvalue weighted by Crippen LogP contribution is -1.96. The minimum Gasteiger partial charge on any atom is -0.112 e. The summed E-state index contributed by atoms with van der Waals surface area (Å²) >= 11 is 28.1. The Hall–Kier alpha value is 0.0800. The molecule has 2 aromatic rings. The summed E-state index contributed by atoms with van der Waals surface area (Å²) in [5, 5.41) is 1.29. The lowest BCUT2D eigenvalue weighted by Gasteiger charge is -2.14. The van der Waals surface area contributed by atoms with E-state index in [1.54, 1.807) is 18.2 Å². The molecule has 0 spiro atoms. The number of alkyl halides is 1. The summed E-state index contributed by atoms with van der Waals surface area (Å²) in [5.74, 6) is 0. The predicted octanol–water partition coefficient (Wildman–Crippen LogP) is 6.74. The van der Waals surface area contributed by atoms with E-state index in [-0.39, 0.29) is 0 Å². The first kappa shape index (κ1) is 14.5. The van der Waals surface area contributed by atoms with Crippen molar-refractivity contribution in [1.82, 2.24) is 0 Å². The van der Waals surface area contributed by atoms with Crippen LogP contribution in [0, 0.1) is 0 Å². The van der Waals surface area contributed by atoms with Crippen molar-refractivity contribution < 1.29 is 0 Å². The van der Waals surface area contributed by atoms with Crippen molar-refractivity contribution in [2.75, 3.05) is 0 Å². The van der Waals surface area contributed by atoms with E-state index in [4.69, 9.17) is 46.4 Å². The van der Waals surface area contributed by atoms with Crippen LogP contribution >= 0.6 is 62.3 Å². The zero-order valence-electron chi connectivity index (χ0n) is 8.93. The van der Waals surface area contributed by atoms with Gasteiger partial charge in [0, 0.05) is 14.5 Å².